The summed E-state index contributed by atoms with van der Waals surface area (Å²) >= 11 is 0. The van der Waals surface area contributed by atoms with Crippen molar-refractivity contribution in [1.82, 2.24) is 14.8 Å². The number of carbonyl (C=O) groups is 2. The molecule has 2 aliphatic heterocycles. The Labute approximate surface area is 162 Å². The number of amides is 2. The standard InChI is InChI=1S/C21H23N3O4/c1-28-20(26)19(15-6-3-2-4-7-15)22-21(27)23-11-14-10-16(13-23)17-8-5-9-18(25)24(17)12-14/h2-9,14,16,19H,10-13H2,1H3,(H,22,27)/t14-,16-,19-/m0/s1. The van der Waals surface area contributed by atoms with Crippen molar-refractivity contribution in [3.8, 4) is 0 Å². The Morgan fingerprint density at radius 1 is 1.07 bits per heavy atom. The number of likely N-dealkylation sites (tertiary alicyclic amines) is 1. The molecule has 2 amide bonds. The van der Waals surface area contributed by atoms with E-state index < -0.39 is 12.0 Å². The molecule has 28 heavy (non-hydrogen) atoms. The second-order valence-corrected chi connectivity index (χ2v) is 7.42. The number of methoxy groups -OCH3 is 1. The Kier molecular flexibility index (Phi) is 4.90. The van der Waals surface area contributed by atoms with Gasteiger partial charge in [0, 0.05) is 37.3 Å². The normalized spacial score (nSPS) is 21.4. The van der Waals surface area contributed by atoms with Crippen molar-refractivity contribution in [2.45, 2.75) is 24.9 Å². The first kappa shape index (κ1) is 18.3. The number of piperidine rings is 1. The minimum absolute atomic E-state index is 0.0138. The number of hydrogen-bond donors (Lipinski definition) is 1. The van der Waals surface area contributed by atoms with Gasteiger partial charge in [0.05, 0.1) is 7.11 Å². The monoisotopic (exact) mass is 381 g/mol. The number of rotatable bonds is 3. The average Bonchev–Trinajstić information content (AvgIpc) is 2.72. The van der Waals surface area contributed by atoms with Crippen LogP contribution in [0.25, 0.3) is 0 Å². The molecule has 0 unspecified atom stereocenters. The van der Waals surface area contributed by atoms with Crippen LogP contribution in [0.15, 0.2) is 53.3 Å². The topological polar surface area (TPSA) is 80.6 Å². The van der Waals surface area contributed by atoms with E-state index in [1.54, 1.807) is 29.2 Å². The zero-order valence-electron chi connectivity index (χ0n) is 15.7. The minimum Gasteiger partial charge on any atom is -0.467 e. The molecule has 1 aromatic carbocycles. The Bertz CT molecular complexity index is 940. The first-order valence-electron chi connectivity index (χ1n) is 9.44. The van der Waals surface area contributed by atoms with Gasteiger partial charge in [0.15, 0.2) is 6.04 Å². The van der Waals surface area contributed by atoms with Crippen LogP contribution in [-0.4, -0.2) is 41.7 Å². The van der Waals surface area contributed by atoms with E-state index in [1.165, 1.54) is 7.11 Å². The van der Waals surface area contributed by atoms with Crippen molar-refractivity contribution >= 4 is 12.0 Å². The van der Waals surface area contributed by atoms with E-state index in [2.05, 4.69) is 5.32 Å². The third-order valence-electron chi connectivity index (χ3n) is 5.60. The van der Waals surface area contributed by atoms with E-state index in [4.69, 9.17) is 4.74 Å². The lowest BCUT2D eigenvalue weighted by molar-refractivity contribution is -0.143. The zero-order chi connectivity index (χ0) is 19.7. The third-order valence-corrected chi connectivity index (χ3v) is 5.60. The quantitative estimate of drug-likeness (QED) is 0.824. The van der Waals surface area contributed by atoms with E-state index in [1.807, 2.05) is 28.8 Å². The lowest BCUT2D eigenvalue weighted by atomic mass is 9.83. The largest absolute Gasteiger partial charge is 0.467 e. The number of hydrogen-bond acceptors (Lipinski definition) is 4. The molecule has 4 rings (SSSR count). The average molecular weight is 381 g/mol. The van der Waals surface area contributed by atoms with Crippen molar-refractivity contribution in [2.24, 2.45) is 5.92 Å². The predicted octanol–water partition coefficient (Wildman–Crippen LogP) is 1.89. The number of benzene rings is 1. The number of esters is 1. The maximum absolute atomic E-state index is 13.0. The first-order chi connectivity index (χ1) is 13.6. The maximum atomic E-state index is 13.0. The van der Waals surface area contributed by atoms with Crippen LogP contribution in [0.2, 0.25) is 0 Å². The molecule has 0 saturated carbocycles. The molecule has 0 radical (unpaired) electrons. The van der Waals surface area contributed by atoms with Gasteiger partial charge in [-0.05, 0) is 24.0 Å². The SMILES string of the molecule is COC(=O)[C@@H](NC(=O)N1C[C@@H]2C[C@@H](C1)c1cccc(=O)n1C2)c1ccccc1. The smallest absolute Gasteiger partial charge is 0.333 e. The summed E-state index contributed by atoms with van der Waals surface area (Å²) in [5, 5.41) is 2.82. The summed E-state index contributed by atoms with van der Waals surface area (Å²) in [6.45, 7) is 1.70. The Morgan fingerprint density at radius 2 is 1.86 bits per heavy atom. The summed E-state index contributed by atoms with van der Waals surface area (Å²) in [6.07, 6.45) is 0.965. The molecule has 1 N–H and O–H groups in total. The number of urea groups is 1. The van der Waals surface area contributed by atoms with Crippen molar-refractivity contribution in [2.75, 3.05) is 20.2 Å². The predicted molar refractivity (Wildman–Crippen MR) is 103 cm³/mol. The molecule has 7 nitrogen and oxygen atoms in total. The van der Waals surface area contributed by atoms with Crippen molar-refractivity contribution in [3.05, 3.63) is 70.1 Å². The Balaban J connectivity index is 1.53. The van der Waals surface area contributed by atoms with Crippen LogP contribution in [0.5, 0.6) is 0 Å². The first-order valence-corrected chi connectivity index (χ1v) is 9.44. The van der Waals surface area contributed by atoms with Gasteiger partial charge < -0.3 is 19.5 Å². The Morgan fingerprint density at radius 3 is 2.61 bits per heavy atom. The lowest BCUT2D eigenvalue weighted by Gasteiger charge is -2.42. The highest BCUT2D eigenvalue weighted by atomic mass is 16.5. The molecule has 2 aliphatic rings. The van der Waals surface area contributed by atoms with E-state index in [0.29, 0.717) is 25.2 Å². The van der Waals surface area contributed by atoms with E-state index >= 15 is 0 Å². The van der Waals surface area contributed by atoms with Crippen LogP contribution in [0.4, 0.5) is 4.79 Å². The highest BCUT2D eigenvalue weighted by Crippen LogP contribution is 2.35. The minimum atomic E-state index is -0.852. The van der Waals surface area contributed by atoms with Gasteiger partial charge in [-0.2, -0.15) is 0 Å². The third kappa shape index (κ3) is 3.40. The van der Waals surface area contributed by atoms with Gasteiger partial charge in [-0.3, -0.25) is 4.79 Å². The number of aromatic nitrogens is 1. The highest BCUT2D eigenvalue weighted by molar-refractivity contribution is 5.84. The number of nitrogens with one attached hydrogen (secondary N) is 1. The zero-order valence-corrected chi connectivity index (χ0v) is 15.7. The summed E-state index contributed by atoms with van der Waals surface area (Å²) in [4.78, 5) is 39.1. The maximum Gasteiger partial charge on any atom is 0.333 e. The van der Waals surface area contributed by atoms with Gasteiger partial charge in [-0.15, -0.1) is 0 Å². The van der Waals surface area contributed by atoms with E-state index in [0.717, 1.165) is 12.1 Å². The number of pyridine rings is 1. The van der Waals surface area contributed by atoms with E-state index in [9.17, 15) is 14.4 Å². The van der Waals surface area contributed by atoms with Gasteiger partial charge in [-0.1, -0.05) is 36.4 Å². The van der Waals surface area contributed by atoms with Crippen LogP contribution >= 0.6 is 0 Å². The number of nitrogens with zero attached hydrogens (tertiary/aromatic N) is 2. The van der Waals surface area contributed by atoms with Crippen LogP contribution < -0.4 is 10.9 Å². The van der Waals surface area contributed by atoms with Gasteiger partial charge in [-0.25, -0.2) is 9.59 Å². The highest BCUT2D eigenvalue weighted by Gasteiger charge is 2.37. The van der Waals surface area contributed by atoms with Crippen LogP contribution in [-0.2, 0) is 16.1 Å². The van der Waals surface area contributed by atoms with Crippen LogP contribution in [0.3, 0.4) is 0 Å². The molecule has 1 fully saturated rings. The second-order valence-electron chi connectivity index (χ2n) is 7.42. The molecular formula is C21H23N3O4. The Hall–Kier alpha value is -3.09. The summed E-state index contributed by atoms with van der Waals surface area (Å²) in [6, 6.07) is 13.2. The summed E-state index contributed by atoms with van der Waals surface area (Å²) in [7, 11) is 1.31. The molecule has 1 aromatic heterocycles. The lowest BCUT2D eigenvalue weighted by Crippen LogP contribution is -2.53. The second kappa shape index (κ2) is 7.50. The molecule has 1 saturated heterocycles. The molecular weight excluding hydrogens is 358 g/mol. The van der Waals surface area contributed by atoms with Gasteiger partial charge in [0.2, 0.25) is 0 Å². The van der Waals surface area contributed by atoms with Crippen LogP contribution in [0.1, 0.15) is 29.6 Å². The van der Waals surface area contributed by atoms with Gasteiger partial charge in [0.1, 0.15) is 0 Å². The number of fused-ring (bicyclic) bond motifs is 4. The van der Waals surface area contributed by atoms with Gasteiger partial charge >= 0.3 is 12.0 Å². The molecule has 146 valence electrons. The van der Waals surface area contributed by atoms with Crippen molar-refractivity contribution in [1.29, 1.82) is 0 Å². The molecule has 3 heterocycles. The number of carbonyl (C=O) groups excluding carboxylic acids is 2. The molecule has 3 atom stereocenters. The fourth-order valence-corrected chi connectivity index (χ4v) is 4.32. The molecule has 2 aromatic rings. The molecule has 0 spiro atoms. The fraction of sp³-hybridized carbons (Fsp3) is 0.381. The van der Waals surface area contributed by atoms with Crippen molar-refractivity contribution < 1.29 is 14.3 Å². The molecule has 2 bridgehead atoms. The summed E-state index contributed by atoms with van der Waals surface area (Å²) in [5.41, 5.74) is 1.67. The molecule has 0 aliphatic carbocycles. The summed E-state index contributed by atoms with van der Waals surface area (Å²) in [5.74, 6) is -0.153. The molecule has 7 heteroatoms. The van der Waals surface area contributed by atoms with Gasteiger partial charge in [0.25, 0.3) is 5.56 Å². The fourth-order valence-electron chi connectivity index (χ4n) is 4.32. The number of ether oxygens (including phenoxy) is 1. The van der Waals surface area contributed by atoms with Crippen molar-refractivity contribution in [3.63, 3.8) is 0 Å². The summed E-state index contributed by atoms with van der Waals surface area (Å²) < 4.78 is 6.71. The van der Waals surface area contributed by atoms with Crippen LogP contribution in [0, 0.1) is 5.92 Å². The van der Waals surface area contributed by atoms with E-state index in [-0.39, 0.29) is 23.4 Å².